The largest absolute Gasteiger partial charge is 0.481 e. The molecule has 0 saturated heterocycles. The molecule has 0 fully saturated rings. The van der Waals surface area contributed by atoms with Crippen LogP contribution in [0.15, 0.2) is 79.0 Å². The van der Waals surface area contributed by atoms with Crippen LogP contribution in [0.4, 0.5) is 0 Å². The summed E-state index contributed by atoms with van der Waals surface area (Å²) in [5.41, 5.74) is 2.89. The predicted octanol–water partition coefficient (Wildman–Crippen LogP) is 3.98. The van der Waals surface area contributed by atoms with Crippen molar-refractivity contribution in [3.63, 3.8) is 0 Å². The molecule has 4 nitrogen and oxygen atoms in total. The van der Waals surface area contributed by atoms with Crippen LogP contribution in [0.5, 0.6) is 5.88 Å². The molecule has 4 heteroatoms. The van der Waals surface area contributed by atoms with Crippen LogP contribution in [0.3, 0.4) is 0 Å². The fourth-order valence-corrected chi connectivity index (χ4v) is 2.78. The molecule has 0 saturated carbocycles. The van der Waals surface area contributed by atoms with Gasteiger partial charge in [0.2, 0.25) is 5.88 Å². The molecule has 1 amide bonds. The molecule has 0 bridgehead atoms. The van der Waals surface area contributed by atoms with Crippen molar-refractivity contribution in [1.82, 2.24) is 9.88 Å². The van der Waals surface area contributed by atoms with Crippen LogP contribution in [0.1, 0.15) is 21.5 Å². The number of rotatable bonds is 7. The molecule has 1 heterocycles. The van der Waals surface area contributed by atoms with Gasteiger partial charge in [0.15, 0.2) is 0 Å². The molecule has 26 heavy (non-hydrogen) atoms. The Kier molecular flexibility index (Phi) is 5.99. The normalized spacial score (nSPS) is 10.3. The first-order valence-electron chi connectivity index (χ1n) is 8.63. The van der Waals surface area contributed by atoms with Gasteiger partial charge in [0.25, 0.3) is 5.91 Å². The standard InChI is InChI=1S/C22H22N2O2/c1-26-21-13-12-20(16-23-21)22(25)24(17-19-10-6-3-7-11-19)15-14-18-8-4-2-5-9-18/h2-13,16H,14-15,17H2,1H3. The number of hydrogen-bond acceptors (Lipinski definition) is 3. The summed E-state index contributed by atoms with van der Waals surface area (Å²) >= 11 is 0. The summed E-state index contributed by atoms with van der Waals surface area (Å²) in [5.74, 6) is 0.473. The lowest BCUT2D eigenvalue weighted by molar-refractivity contribution is 0.0744. The Balaban J connectivity index is 1.77. The number of nitrogens with zero attached hydrogens (tertiary/aromatic N) is 2. The van der Waals surface area contributed by atoms with Gasteiger partial charge < -0.3 is 9.64 Å². The zero-order chi connectivity index (χ0) is 18.2. The van der Waals surface area contributed by atoms with Crippen molar-refractivity contribution < 1.29 is 9.53 Å². The molecule has 0 aliphatic heterocycles. The van der Waals surface area contributed by atoms with Crippen molar-refractivity contribution in [2.45, 2.75) is 13.0 Å². The average Bonchev–Trinajstić information content (AvgIpc) is 2.72. The Hall–Kier alpha value is -3.14. The van der Waals surface area contributed by atoms with E-state index in [1.165, 1.54) is 5.56 Å². The van der Waals surface area contributed by atoms with Gasteiger partial charge in [0, 0.05) is 25.4 Å². The Labute approximate surface area is 154 Å². The topological polar surface area (TPSA) is 42.4 Å². The molecule has 0 aliphatic rings. The monoisotopic (exact) mass is 346 g/mol. The summed E-state index contributed by atoms with van der Waals surface area (Å²) in [6, 6.07) is 23.7. The molecule has 0 N–H and O–H groups in total. The highest BCUT2D eigenvalue weighted by atomic mass is 16.5. The minimum Gasteiger partial charge on any atom is -0.481 e. The van der Waals surface area contributed by atoms with E-state index in [2.05, 4.69) is 17.1 Å². The second-order valence-corrected chi connectivity index (χ2v) is 6.04. The first-order chi connectivity index (χ1) is 12.8. The van der Waals surface area contributed by atoms with Crippen LogP contribution in [0, 0.1) is 0 Å². The zero-order valence-electron chi connectivity index (χ0n) is 14.8. The third-order valence-electron chi connectivity index (χ3n) is 4.21. The fraction of sp³-hybridized carbons (Fsp3) is 0.182. The Morgan fingerprint density at radius 2 is 1.58 bits per heavy atom. The van der Waals surface area contributed by atoms with E-state index in [-0.39, 0.29) is 5.91 Å². The van der Waals surface area contributed by atoms with E-state index < -0.39 is 0 Å². The van der Waals surface area contributed by atoms with Gasteiger partial charge in [0.1, 0.15) is 0 Å². The van der Waals surface area contributed by atoms with Crippen molar-refractivity contribution in [3.05, 3.63) is 95.7 Å². The molecule has 3 rings (SSSR count). The van der Waals surface area contributed by atoms with Crippen LogP contribution in [-0.4, -0.2) is 29.4 Å². The first kappa shape index (κ1) is 17.7. The van der Waals surface area contributed by atoms with E-state index >= 15 is 0 Å². The van der Waals surface area contributed by atoms with Crippen molar-refractivity contribution >= 4 is 5.91 Å². The van der Waals surface area contributed by atoms with Crippen LogP contribution in [0.25, 0.3) is 0 Å². The predicted molar refractivity (Wildman–Crippen MR) is 102 cm³/mol. The van der Waals surface area contributed by atoms with Crippen LogP contribution in [-0.2, 0) is 13.0 Å². The van der Waals surface area contributed by atoms with Gasteiger partial charge in [-0.05, 0) is 23.6 Å². The zero-order valence-corrected chi connectivity index (χ0v) is 14.8. The molecular weight excluding hydrogens is 324 g/mol. The van der Waals surface area contributed by atoms with E-state index in [0.29, 0.717) is 24.5 Å². The van der Waals surface area contributed by atoms with E-state index in [1.807, 2.05) is 53.4 Å². The maximum atomic E-state index is 13.0. The van der Waals surface area contributed by atoms with E-state index in [1.54, 1.807) is 25.4 Å². The lowest BCUT2D eigenvalue weighted by Crippen LogP contribution is -2.32. The second kappa shape index (κ2) is 8.81. The maximum absolute atomic E-state index is 13.0. The number of amides is 1. The van der Waals surface area contributed by atoms with Crippen molar-refractivity contribution in [2.75, 3.05) is 13.7 Å². The Bertz CT molecular complexity index is 818. The highest BCUT2D eigenvalue weighted by molar-refractivity contribution is 5.94. The fourth-order valence-electron chi connectivity index (χ4n) is 2.78. The average molecular weight is 346 g/mol. The summed E-state index contributed by atoms with van der Waals surface area (Å²) in [6.45, 7) is 1.21. The molecule has 3 aromatic rings. The van der Waals surface area contributed by atoms with Crippen molar-refractivity contribution in [1.29, 1.82) is 0 Å². The molecule has 2 aromatic carbocycles. The van der Waals surface area contributed by atoms with Crippen LogP contribution < -0.4 is 4.74 Å². The molecule has 132 valence electrons. The number of carbonyl (C=O) groups excluding carboxylic acids is 1. The lowest BCUT2D eigenvalue weighted by Gasteiger charge is -2.23. The van der Waals surface area contributed by atoms with Gasteiger partial charge in [-0.2, -0.15) is 0 Å². The molecule has 0 spiro atoms. The maximum Gasteiger partial charge on any atom is 0.255 e. The highest BCUT2D eigenvalue weighted by Gasteiger charge is 2.17. The van der Waals surface area contributed by atoms with Gasteiger partial charge in [-0.25, -0.2) is 4.98 Å². The first-order valence-corrected chi connectivity index (χ1v) is 8.63. The number of hydrogen-bond donors (Lipinski definition) is 0. The van der Waals surface area contributed by atoms with Gasteiger partial charge in [-0.15, -0.1) is 0 Å². The number of carbonyl (C=O) groups is 1. The molecular formula is C22H22N2O2. The number of methoxy groups -OCH3 is 1. The number of aromatic nitrogens is 1. The van der Waals surface area contributed by atoms with Crippen LogP contribution in [0.2, 0.25) is 0 Å². The van der Waals surface area contributed by atoms with E-state index in [0.717, 1.165) is 12.0 Å². The van der Waals surface area contributed by atoms with Gasteiger partial charge in [-0.1, -0.05) is 60.7 Å². The van der Waals surface area contributed by atoms with Gasteiger partial charge >= 0.3 is 0 Å². The molecule has 1 aromatic heterocycles. The summed E-state index contributed by atoms with van der Waals surface area (Å²) in [5, 5.41) is 0. The lowest BCUT2D eigenvalue weighted by atomic mass is 10.1. The minimum atomic E-state index is -0.0278. The molecule has 0 radical (unpaired) electrons. The Morgan fingerprint density at radius 1 is 0.923 bits per heavy atom. The summed E-state index contributed by atoms with van der Waals surface area (Å²) < 4.78 is 5.07. The number of benzene rings is 2. The molecule has 0 unspecified atom stereocenters. The number of pyridine rings is 1. The number of ether oxygens (including phenoxy) is 1. The van der Waals surface area contributed by atoms with E-state index in [9.17, 15) is 4.79 Å². The third kappa shape index (κ3) is 4.70. The summed E-state index contributed by atoms with van der Waals surface area (Å²) in [7, 11) is 1.56. The minimum absolute atomic E-state index is 0.0278. The molecule has 0 atom stereocenters. The highest BCUT2D eigenvalue weighted by Crippen LogP contribution is 2.13. The summed E-state index contributed by atoms with van der Waals surface area (Å²) in [4.78, 5) is 19.0. The van der Waals surface area contributed by atoms with Gasteiger partial charge in [-0.3, -0.25) is 4.79 Å². The third-order valence-corrected chi connectivity index (χ3v) is 4.21. The Morgan fingerprint density at radius 3 is 2.15 bits per heavy atom. The quantitative estimate of drug-likeness (QED) is 0.650. The summed E-state index contributed by atoms with van der Waals surface area (Å²) in [6.07, 6.45) is 2.38. The molecule has 0 aliphatic carbocycles. The second-order valence-electron chi connectivity index (χ2n) is 6.04. The van der Waals surface area contributed by atoms with Crippen molar-refractivity contribution in [2.24, 2.45) is 0 Å². The van der Waals surface area contributed by atoms with E-state index in [4.69, 9.17) is 4.74 Å². The van der Waals surface area contributed by atoms with Crippen LogP contribution >= 0.6 is 0 Å². The van der Waals surface area contributed by atoms with Gasteiger partial charge in [0.05, 0.1) is 12.7 Å². The SMILES string of the molecule is COc1ccc(C(=O)N(CCc2ccccc2)Cc2ccccc2)cn1. The smallest absolute Gasteiger partial charge is 0.255 e. The van der Waals surface area contributed by atoms with Crippen molar-refractivity contribution in [3.8, 4) is 5.88 Å².